The fraction of sp³-hybridized carbons (Fsp3) is 0.217. The second kappa shape index (κ2) is 8.83. The molecule has 4 aromatic rings. The molecule has 0 radical (unpaired) electrons. The first-order valence-electron chi connectivity index (χ1n) is 9.83. The van der Waals surface area contributed by atoms with Crippen LogP contribution in [0.5, 0.6) is 11.6 Å². The molecule has 0 atom stereocenters. The Balaban J connectivity index is 1.45. The lowest BCUT2D eigenvalue weighted by molar-refractivity contribution is -0.123. The van der Waals surface area contributed by atoms with E-state index in [1.165, 1.54) is 6.33 Å². The maximum atomic E-state index is 12.3. The Bertz CT molecular complexity index is 1210. The van der Waals surface area contributed by atoms with Gasteiger partial charge in [0.2, 0.25) is 5.88 Å². The SMILES string of the molecule is COc1cccc(CNC(=O)COc2ncnc3c2cnn3-c2cc(C)cc(C)c2)c1. The van der Waals surface area contributed by atoms with Gasteiger partial charge in [-0.1, -0.05) is 18.2 Å². The number of carbonyl (C=O) groups is 1. The molecule has 158 valence electrons. The van der Waals surface area contributed by atoms with E-state index in [0.29, 0.717) is 23.5 Å². The first kappa shape index (κ1) is 20.3. The molecule has 0 saturated carbocycles. The number of amides is 1. The van der Waals surface area contributed by atoms with Gasteiger partial charge in [0.05, 0.1) is 19.0 Å². The number of rotatable bonds is 7. The molecule has 0 fully saturated rings. The molecule has 0 spiro atoms. The van der Waals surface area contributed by atoms with E-state index in [0.717, 1.165) is 28.1 Å². The third-order valence-electron chi connectivity index (χ3n) is 4.74. The number of hydrogen-bond acceptors (Lipinski definition) is 6. The summed E-state index contributed by atoms with van der Waals surface area (Å²) in [5, 5.41) is 7.92. The van der Waals surface area contributed by atoms with Crippen molar-refractivity contribution in [3.8, 4) is 17.3 Å². The van der Waals surface area contributed by atoms with Crippen molar-refractivity contribution in [2.45, 2.75) is 20.4 Å². The van der Waals surface area contributed by atoms with Crippen molar-refractivity contribution in [1.82, 2.24) is 25.1 Å². The predicted molar refractivity (Wildman–Crippen MR) is 116 cm³/mol. The molecule has 8 heteroatoms. The summed E-state index contributed by atoms with van der Waals surface area (Å²) in [6, 6.07) is 13.7. The number of methoxy groups -OCH3 is 1. The lowest BCUT2D eigenvalue weighted by Gasteiger charge is -2.09. The van der Waals surface area contributed by atoms with Gasteiger partial charge in [-0.2, -0.15) is 5.10 Å². The van der Waals surface area contributed by atoms with Crippen molar-refractivity contribution < 1.29 is 14.3 Å². The van der Waals surface area contributed by atoms with Crippen LogP contribution < -0.4 is 14.8 Å². The number of hydrogen-bond donors (Lipinski definition) is 1. The Morgan fingerprint density at radius 2 is 1.90 bits per heavy atom. The molecule has 8 nitrogen and oxygen atoms in total. The number of nitrogens with zero attached hydrogens (tertiary/aromatic N) is 4. The standard InChI is InChI=1S/C23H23N5O3/c1-15-7-16(2)9-18(8-15)28-22-20(12-27-28)23(26-14-25-22)31-13-21(29)24-11-17-5-4-6-19(10-17)30-3/h4-10,12,14H,11,13H2,1-3H3,(H,24,29). The van der Waals surface area contributed by atoms with Gasteiger partial charge >= 0.3 is 0 Å². The molecule has 31 heavy (non-hydrogen) atoms. The van der Waals surface area contributed by atoms with Crippen molar-refractivity contribution in [3.05, 3.63) is 71.7 Å². The van der Waals surface area contributed by atoms with Crippen LogP contribution in [0, 0.1) is 13.8 Å². The average molecular weight is 417 g/mol. The highest BCUT2D eigenvalue weighted by atomic mass is 16.5. The maximum Gasteiger partial charge on any atom is 0.258 e. The van der Waals surface area contributed by atoms with Crippen LogP contribution in [0.15, 0.2) is 55.0 Å². The summed E-state index contributed by atoms with van der Waals surface area (Å²) in [5.41, 5.74) is 4.74. The fourth-order valence-corrected chi connectivity index (χ4v) is 3.37. The third kappa shape index (κ3) is 4.63. The molecular formula is C23H23N5O3. The maximum absolute atomic E-state index is 12.3. The van der Waals surface area contributed by atoms with Gasteiger partial charge in [0.25, 0.3) is 5.91 Å². The molecule has 0 aliphatic carbocycles. The van der Waals surface area contributed by atoms with E-state index >= 15 is 0 Å². The number of aromatic nitrogens is 4. The lowest BCUT2D eigenvalue weighted by Crippen LogP contribution is -2.28. The van der Waals surface area contributed by atoms with Gasteiger partial charge in [-0.25, -0.2) is 14.6 Å². The van der Waals surface area contributed by atoms with Gasteiger partial charge in [0, 0.05) is 6.54 Å². The van der Waals surface area contributed by atoms with Gasteiger partial charge in [-0.3, -0.25) is 4.79 Å². The zero-order valence-corrected chi connectivity index (χ0v) is 17.6. The fourth-order valence-electron chi connectivity index (χ4n) is 3.37. The first-order valence-corrected chi connectivity index (χ1v) is 9.83. The largest absolute Gasteiger partial charge is 0.497 e. The molecule has 0 saturated heterocycles. The first-order chi connectivity index (χ1) is 15.0. The molecule has 0 aliphatic rings. The van der Waals surface area contributed by atoms with E-state index < -0.39 is 0 Å². The van der Waals surface area contributed by atoms with Crippen LogP contribution >= 0.6 is 0 Å². The van der Waals surface area contributed by atoms with Gasteiger partial charge in [0.1, 0.15) is 17.5 Å². The van der Waals surface area contributed by atoms with Crippen molar-refractivity contribution >= 4 is 16.9 Å². The van der Waals surface area contributed by atoms with Crippen molar-refractivity contribution in [2.75, 3.05) is 13.7 Å². The summed E-state index contributed by atoms with van der Waals surface area (Å²) in [6.07, 6.45) is 3.06. The van der Waals surface area contributed by atoms with Crippen LogP contribution in [0.25, 0.3) is 16.7 Å². The summed E-state index contributed by atoms with van der Waals surface area (Å²) in [5.74, 6) is 0.806. The Hall–Kier alpha value is -3.94. The highest BCUT2D eigenvalue weighted by Crippen LogP contribution is 2.24. The van der Waals surface area contributed by atoms with Crippen molar-refractivity contribution in [3.63, 3.8) is 0 Å². The minimum absolute atomic E-state index is 0.162. The molecule has 4 rings (SSSR count). The van der Waals surface area contributed by atoms with Gasteiger partial charge in [-0.15, -0.1) is 0 Å². The van der Waals surface area contributed by atoms with Gasteiger partial charge in [-0.05, 0) is 54.8 Å². The molecule has 2 aromatic heterocycles. The number of benzene rings is 2. The van der Waals surface area contributed by atoms with E-state index in [4.69, 9.17) is 9.47 Å². The lowest BCUT2D eigenvalue weighted by atomic mass is 10.1. The summed E-state index contributed by atoms with van der Waals surface area (Å²) < 4.78 is 12.6. The van der Waals surface area contributed by atoms with E-state index in [2.05, 4.69) is 26.4 Å². The van der Waals surface area contributed by atoms with Crippen molar-refractivity contribution in [2.24, 2.45) is 0 Å². The monoisotopic (exact) mass is 417 g/mol. The Morgan fingerprint density at radius 3 is 2.68 bits per heavy atom. The summed E-state index contributed by atoms with van der Waals surface area (Å²) in [4.78, 5) is 20.8. The highest BCUT2D eigenvalue weighted by Gasteiger charge is 2.14. The predicted octanol–water partition coefficient (Wildman–Crippen LogP) is 3.14. The topological polar surface area (TPSA) is 91.2 Å². The minimum atomic E-state index is -0.253. The Kier molecular flexibility index (Phi) is 5.79. The smallest absolute Gasteiger partial charge is 0.258 e. The van der Waals surface area contributed by atoms with E-state index in [-0.39, 0.29) is 12.5 Å². The minimum Gasteiger partial charge on any atom is -0.497 e. The Labute approximate surface area is 179 Å². The van der Waals surface area contributed by atoms with E-state index in [9.17, 15) is 4.79 Å². The second-order valence-corrected chi connectivity index (χ2v) is 7.24. The van der Waals surface area contributed by atoms with E-state index in [1.54, 1.807) is 18.0 Å². The van der Waals surface area contributed by atoms with Crippen LogP contribution in [0.1, 0.15) is 16.7 Å². The number of fused-ring (bicyclic) bond motifs is 1. The van der Waals surface area contributed by atoms with Gasteiger partial charge < -0.3 is 14.8 Å². The average Bonchev–Trinajstić information content (AvgIpc) is 3.20. The highest BCUT2D eigenvalue weighted by molar-refractivity contribution is 5.82. The normalized spacial score (nSPS) is 10.8. The molecule has 0 bridgehead atoms. The number of aryl methyl sites for hydroxylation is 2. The molecule has 2 heterocycles. The van der Waals surface area contributed by atoms with E-state index in [1.807, 2.05) is 50.2 Å². The molecule has 1 N–H and O–H groups in total. The third-order valence-corrected chi connectivity index (χ3v) is 4.74. The number of ether oxygens (including phenoxy) is 2. The summed E-state index contributed by atoms with van der Waals surface area (Å²) >= 11 is 0. The van der Waals surface area contributed by atoms with Crippen LogP contribution in [-0.4, -0.2) is 39.4 Å². The van der Waals surface area contributed by atoms with Gasteiger partial charge in [0.15, 0.2) is 12.3 Å². The van der Waals surface area contributed by atoms with Crippen LogP contribution in [0.4, 0.5) is 0 Å². The molecule has 2 aromatic carbocycles. The molecule has 0 aliphatic heterocycles. The summed E-state index contributed by atoms with van der Waals surface area (Å²) in [6.45, 7) is 4.29. The molecule has 1 amide bonds. The number of nitrogens with one attached hydrogen (secondary N) is 1. The Morgan fingerprint density at radius 1 is 1.10 bits per heavy atom. The van der Waals surface area contributed by atoms with Crippen LogP contribution in [0.3, 0.4) is 0 Å². The zero-order chi connectivity index (χ0) is 21.8. The van der Waals surface area contributed by atoms with Crippen LogP contribution in [-0.2, 0) is 11.3 Å². The second-order valence-electron chi connectivity index (χ2n) is 7.24. The van der Waals surface area contributed by atoms with Crippen LogP contribution in [0.2, 0.25) is 0 Å². The summed E-state index contributed by atoms with van der Waals surface area (Å²) in [7, 11) is 1.61. The molecule has 0 unspecified atom stereocenters. The number of carbonyl (C=O) groups excluding carboxylic acids is 1. The zero-order valence-electron chi connectivity index (χ0n) is 17.6. The van der Waals surface area contributed by atoms with Crippen molar-refractivity contribution in [1.29, 1.82) is 0 Å². The molecular weight excluding hydrogens is 394 g/mol. The quantitative estimate of drug-likeness (QED) is 0.497.